The third-order valence-corrected chi connectivity index (χ3v) is 3.97. The molecule has 0 fully saturated rings. The molecule has 0 aliphatic rings. The summed E-state index contributed by atoms with van der Waals surface area (Å²) in [5.41, 5.74) is 2.46. The van der Waals surface area contributed by atoms with Gasteiger partial charge in [-0.3, -0.25) is 9.69 Å². The molecule has 0 aliphatic heterocycles. The minimum absolute atomic E-state index is 0.150. The molecule has 0 aromatic heterocycles. The zero-order valence-corrected chi connectivity index (χ0v) is 13.7. The first kappa shape index (κ1) is 16.5. The van der Waals surface area contributed by atoms with Crippen molar-refractivity contribution >= 4 is 23.2 Å². The number of nitrogens with zero attached hydrogens (tertiary/aromatic N) is 1. The van der Waals surface area contributed by atoms with Gasteiger partial charge in [0.15, 0.2) is 0 Å². The van der Waals surface area contributed by atoms with E-state index >= 15 is 0 Å². The SMILES string of the molecule is CCN(CC)Cc1ccc(C(=O)Nc2ccccc2Cl)cc1. The first-order chi connectivity index (χ1) is 10.6. The maximum absolute atomic E-state index is 12.2. The van der Waals surface area contributed by atoms with Crippen molar-refractivity contribution < 1.29 is 4.79 Å². The van der Waals surface area contributed by atoms with Gasteiger partial charge < -0.3 is 5.32 Å². The maximum Gasteiger partial charge on any atom is 0.255 e. The van der Waals surface area contributed by atoms with Crippen LogP contribution >= 0.6 is 11.6 Å². The second-order valence-corrected chi connectivity index (χ2v) is 5.50. The molecule has 0 atom stereocenters. The van der Waals surface area contributed by atoms with Crippen molar-refractivity contribution in [1.82, 2.24) is 4.90 Å². The Labute approximate surface area is 136 Å². The molecule has 3 nitrogen and oxygen atoms in total. The third kappa shape index (κ3) is 4.33. The number of rotatable bonds is 6. The number of halogens is 1. The topological polar surface area (TPSA) is 32.3 Å². The Morgan fingerprint density at radius 2 is 1.68 bits per heavy atom. The fraction of sp³-hybridized carbons (Fsp3) is 0.278. The van der Waals surface area contributed by atoms with Crippen molar-refractivity contribution in [2.75, 3.05) is 18.4 Å². The number of hydrogen-bond donors (Lipinski definition) is 1. The van der Waals surface area contributed by atoms with E-state index in [0.29, 0.717) is 16.3 Å². The summed E-state index contributed by atoms with van der Waals surface area (Å²) in [6, 6.07) is 14.9. The van der Waals surface area contributed by atoms with Gasteiger partial charge in [0, 0.05) is 12.1 Å². The standard InChI is InChI=1S/C18H21ClN2O/c1-3-21(4-2)13-14-9-11-15(12-10-14)18(22)20-17-8-6-5-7-16(17)19/h5-12H,3-4,13H2,1-2H3,(H,20,22). The van der Waals surface area contributed by atoms with Crippen molar-refractivity contribution in [2.45, 2.75) is 20.4 Å². The van der Waals surface area contributed by atoms with Crippen molar-refractivity contribution in [3.63, 3.8) is 0 Å². The lowest BCUT2D eigenvalue weighted by molar-refractivity contribution is 0.102. The minimum Gasteiger partial charge on any atom is -0.321 e. The summed E-state index contributed by atoms with van der Waals surface area (Å²) in [6.45, 7) is 7.24. The zero-order chi connectivity index (χ0) is 15.9. The van der Waals surface area contributed by atoms with Gasteiger partial charge in [0.2, 0.25) is 0 Å². The molecule has 0 saturated carbocycles. The Morgan fingerprint density at radius 1 is 1.05 bits per heavy atom. The molecule has 2 aromatic rings. The van der Waals surface area contributed by atoms with Gasteiger partial charge >= 0.3 is 0 Å². The highest BCUT2D eigenvalue weighted by Crippen LogP contribution is 2.21. The van der Waals surface area contributed by atoms with Gasteiger partial charge in [-0.1, -0.05) is 49.7 Å². The highest BCUT2D eigenvalue weighted by Gasteiger charge is 2.08. The fourth-order valence-corrected chi connectivity index (χ4v) is 2.41. The number of amides is 1. The molecular formula is C18H21ClN2O. The maximum atomic E-state index is 12.2. The average Bonchev–Trinajstić information content (AvgIpc) is 2.55. The second-order valence-electron chi connectivity index (χ2n) is 5.09. The van der Waals surface area contributed by atoms with E-state index in [9.17, 15) is 4.79 Å². The summed E-state index contributed by atoms with van der Waals surface area (Å²) in [7, 11) is 0. The monoisotopic (exact) mass is 316 g/mol. The molecule has 0 heterocycles. The molecule has 116 valence electrons. The molecule has 2 rings (SSSR count). The molecule has 0 bridgehead atoms. The van der Waals surface area contributed by atoms with E-state index < -0.39 is 0 Å². The van der Waals surface area contributed by atoms with Gasteiger partial charge in [0.25, 0.3) is 5.91 Å². The van der Waals surface area contributed by atoms with Crippen LogP contribution in [0.4, 0.5) is 5.69 Å². The molecule has 2 aromatic carbocycles. The van der Waals surface area contributed by atoms with Crippen molar-refractivity contribution in [3.05, 3.63) is 64.7 Å². The summed E-state index contributed by atoms with van der Waals surface area (Å²) < 4.78 is 0. The largest absolute Gasteiger partial charge is 0.321 e. The number of para-hydroxylation sites is 1. The normalized spacial score (nSPS) is 10.7. The summed E-state index contributed by atoms with van der Waals surface area (Å²) in [5.74, 6) is -0.150. The Morgan fingerprint density at radius 3 is 2.27 bits per heavy atom. The van der Waals surface area contributed by atoms with Gasteiger partial charge in [-0.2, -0.15) is 0 Å². The number of nitrogens with one attached hydrogen (secondary N) is 1. The predicted molar refractivity (Wildman–Crippen MR) is 92.5 cm³/mol. The van der Waals surface area contributed by atoms with E-state index in [1.165, 1.54) is 5.56 Å². The van der Waals surface area contributed by atoms with Crippen LogP contribution in [0.2, 0.25) is 5.02 Å². The Bertz CT molecular complexity index is 621. The minimum atomic E-state index is -0.150. The molecule has 0 radical (unpaired) electrons. The van der Waals surface area contributed by atoms with Crippen LogP contribution in [-0.2, 0) is 6.54 Å². The van der Waals surface area contributed by atoms with E-state index in [4.69, 9.17) is 11.6 Å². The Kier molecular flexibility index (Phi) is 5.99. The molecule has 0 saturated heterocycles. The molecule has 0 aliphatic carbocycles. The highest BCUT2D eigenvalue weighted by atomic mass is 35.5. The van der Waals surface area contributed by atoms with Crippen LogP contribution in [0.15, 0.2) is 48.5 Å². The number of carbonyl (C=O) groups is 1. The van der Waals surface area contributed by atoms with Gasteiger partial charge in [-0.25, -0.2) is 0 Å². The molecule has 0 unspecified atom stereocenters. The highest BCUT2D eigenvalue weighted by molar-refractivity contribution is 6.33. The van der Waals surface area contributed by atoms with Crippen LogP contribution in [0.25, 0.3) is 0 Å². The lowest BCUT2D eigenvalue weighted by Crippen LogP contribution is -2.22. The molecule has 0 spiro atoms. The summed E-state index contributed by atoms with van der Waals surface area (Å²) in [4.78, 5) is 14.6. The first-order valence-corrected chi connectivity index (χ1v) is 7.89. The second kappa shape index (κ2) is 7.97. The lowest BCUT2D eigenvalue weighted by Gasteiger charge is -2.18. The van der Waals surface area contributed by atoms with E-state index in [1.54, 1.807) is 12.1 Å². The summed E-state index contributed by atoms with van der Waals surface area (Å²) >= 11 is 6.05. The van der Waals surface area contributed by atoms with Crippen LogP contribution in [-0.4, -0.2) is 23.9 Å². The lowest BCUT2D eigenvalue weighted by atomic mass is 10.1. The van der Waals surface area contributed by atoms with E-state index in [0.717, 1.165) is 19.6 Å². The fourth-order valence-electron chi connectivity index (χ4n) is 2.22. The van der Waals surface area contributed by atoms with Crippen molar-refractivity contribution in [1.29, 1.82) is 0 Å². The van der Waals surface area contributed by atoms with E-state index in [1.807, 2.05) is 36.4 Å². The van der Waals surface area contributed by atoms with Gasteiger partial charge in [0.1, 0.15) is 0 Å². The summed E-state index contributed by atoms with van der Waals surface area (Å²) in [6.07, 6.45) is 0. The van der Waals surface area contributed by atoms with Gasteiger partial charge in [-0.05, 0) is 42.9 Å². The van der Waals surface area contributed by atoms with E-state index in [2.05, 4.69) is 24.1 Å². The van der Waals surface area contributed by atoms with Crippen LogP contribution < -0.4 is 5.32 Å². The zero-order valence-electron chi connectivity index (χ0n) is 13.0. The first-order valence-electron chi connectivity index (χ1n) is 7.51. The number of benzene rings is 2. The number of carbonyl (C=O) groups excluding carboxylic acids is 1. The summed E-state index contributed by atoms with van der Waals surface area (Å²) in [5, 5.41) is 3.36. The van der Waals surface area contributed by atoms with Crippen molar-refractivity contribution in [3.8, 4) is 0 Å². The third-order valence-electron chi connectivity index (χ3n) is 3.64. The molecule has 1 N–H and O–H groups in total. The molecular weight excluding hydrogens is 296 g/mol. The van der Waals surface area contributed by atoms with Crippen molar-refractivity contribution in [2.24, 2.45) is 0 Å². The van der Waals surface area contributed by atoms with Gasteiger partial charge in [0.05, 0.1) is 10.7 Å². The van der Waals surface area contributed by atoms with Crippen LogP contribution in [0, 0.1) is 0 Å². The van der Waals surface area contributed by atoms with Crippen LogP contribution in [0.3, 0.4) is 0 Å². The molecule has 4 heteroatoms. The smallest absolute Gasteiger partial charge is 0.255 e. The number of anilines is 1. The quantitative estimate of drug-likeness (QED) is 0.854. The van der Waals surface area contributed by atoms with Crippen LogP contribution in [0.5, 0.6) is 0 Å². The Balaban J connectivity index is 2.04. The number of hydrogen-bond acceptors (Lipinski definition) is 2. The van der Waals surface area contributed by atoms with Gasteiger partial charge in [-0.15, -0.1) is 0 Å². The molecule has 1 amide bonds. The van der Waals surface area contributed by atoms with Crippen LogP contribution in [0.1, 0.15) is 29.8 Å². The Hall–Kier alpha value is -1.84. The predicted octanol–water partition coefficient (Wildman–Crippen LogP) is 4.43. The van der Waals surface area contributed by atoms with E-state index in [-0.39, 0.29) is 5.91 Å². The molecule has 22 heavy (non-hydrogen) atoms. The average molecular weight is 317 g/mol.